The minimum atomic E-state index is 0.0291. The van der Waals surface area contributed by atoms with Crippen molar-refractivity contribution in [3.8, 4) is 5.75 Å². The van der Waals surface area contributed by atoms with Gasteiger partial charge in [-0.2, -0.15) is 5.10 Å². The van der Waals surface area contributed by atoms with Gasteiger partial charge in [0.25, 0.3) is 0 Å². The fourth-order valence-corrected chi connectivity index (χ4v) is 3.39. The molecule has 2 heterocycles. The lowest BCUT2D eigenvalue weighted by atomic mass is 10.1. The van der Waals surface area contributed by atoms with E-state index in [0.29, 0.717) is 38.6 Å². The highest BCUT2D eigenvalue weighted by Crippen LogP contribution is 2.24. The number of hydrogen-bond donors (Lipinski definition) is 1. The first kappa shape index (κ1) is 19.4. The molecule has 27 heavy (non-hydrogen) atoms. The molecule has 146 valence electrons. The smallest absolute Gasteiger partial charge is 0.220 e. The average Bonchev–Trinajstić information content (AvgIpc) is 3.04. The molecule has 0 radical (unpaired) electrons. The molecule has 1 aromatic heterocycles. The van der Waals surface area contributed by atoms with E-state index in [9.17, 15) is 4.79 Å². The van der Waals surface area contributed by atoms with E-state index in [1.54, 1.807) is 0 Å². The second kappa shape index (κ2) is 9.04. The summed E-state index contributed by atoms with van der Waals surface area (Å²) >= 11 is 0. The molecule has 6 nitrogen and oxygen atoms in total. The van der Waals surface area contributed by atoms with Crippen LogP contribution in [-0.2, 0) is 35.5 Å². The molecule has 1 N–H and O–H groups in total. The van der Waals surface area contributed by atoms with E-state index in [-0.39, 0.29) is 5.91 Å². The molecule has 0 unspecified atom stereocenters. The molecule has 1 aliphatic rings. The second-order valence-electron chi connectivity index (χ2n) is 7.07. The number of nitrogens with one attached hydrogen (secondary N) is 1. The Kier molecular flexibility index (Phi) is 6.50. The molecule has 0 fully saturated rings. The van der Waals surface area contributed by atoms with Crippen LogP contribution in [0.3, 0.4) is 0 Å². The number of benzene rings is 1. The third-order valence-electron chi connectivity index (χ3n) is 4.71. The van der Waals surface area contributed by atoms with Gasteiger partial charge < -0.3 is 14.8 Å². The average molecular weight is 371 g/mol. The summed E-state index contributed by atoms with van der Waals surface area (Å²) in [5.41, 5.74) is 4.46. The first-order valence-electron chi connectivity index (χ1n) is 9.73. The van der Waals surface area contributed by atoms with Crippen LogP contribution in [0.5, 0.6) is 5.75 Å². The number of rotatable bonds is 8. The number of aryl methyl sites for hydroxylation is 1. The van der Waals surface area contributed by atoms with E-state index in [1.165, 1.54) is 11.3 Å². The Morgan fingerprint density at radius 1 is 1.41 bits per heavy atom. The van der Waals surface area contributed by atoms with Crippen LogP contribution in [-0.4, -0.2) is 28.9 Å². The highest BCUT2D eigenvalue weighted by Gasteiger charge is 2.22. The van der Waals surface area contributed by atoms with Crippen molar-refractivity contribution in [3.05, 3.63) is 46.8 Å². The largest absolute Gasteiger partial charge is 0.494 e. The molecular formula is C21H29N3O3. The number of hydrogen-bond acceptors (Lipinski definition) is 4. The number of ether oxygens (including phenoxy) is 2. The van der Waals surface area contributed by atoms with Crippen molar-refractivity contribution < 1.29 is 14.3 Å². The van der Waals surface area contributed by atoms with Gasteiger partial charge in [-0.3, -0.25) is 9.48 Å². The molecule has 2 aromatic rings. The third kappa shape index (κ3) is 4.89. The zero-order valence-corrected chi connectivity index (χ0v) is 16.5. The van der Waals surface area contributed by atoms with Gasteiger partial charge in [-0.1, -0.05) is 12.1 Å². The normalized spacial score (nSPS) is 13.5. The van der Waals surface area contributed by atoms with Gasteiger partial charge in [0.05, 0.1) is 25.5 Å². The monoisotopic (exact) mass is 371 g/mol. The maximum absolute atomic E-state index is 12.3. The number of nitrogens with zero attached hydrogens (tertiary/aromatic N) is 2. The molecule has 0 saturated carbocycles. The summed E-state index contributed by atoms with van der Waals surface area (Å²) in [6.07, 6.45) is 1.95. The summed E-state index contributed by atoms with van der Waals surface area (Å²) in [7, 11) is 0. The first-order chi connectivity index (χ1) is 13.1. The van der Waals surface area contributed by atoms with E-state index in [2.05, 4.69) is 23.8 Å². The van der Waals surface area contributed by atoms with Crippen LogP contribution in [0, 0.1) is 0 Å². The fourth-order valence-electron chi connectivity index (χ4n) is 3.39. The van der Waals surface area contributed by atoms with E-state index >= 15 is 0 Å². The van der Waals surface area contributed by atoms with Crippen LogP contribution in [0.4, 0.5) is 0 Å². The molecular weight excluding hydrogens is 342 g/mol. The highest BCUT2D eigenvalue weighted by molar-refractivity contribution is 5.76. The lowest BCUT2D eigenvalue weighted by Gasteiger charge is -2.16. The zero-order valence-electron chi connectivity index (χ0n) is 16.5. The summed E-state index contributed by atoms with van der Waals surface area (Å²) in [5.74, 6) is 0.858. The zero-order chi connectivity index (χ0) is 19.2. The van der Waals surface area contributed by atoms with Crippen LogP contribution < -0.4 is 10.1 Å². The van der Waals surface area contributed by atoms with Crippen molar-refractivity contribution >= 4 is 5.91 Å². The number of carbonyl (C=O) groups is 1. The highest BCUT2D eigenvalue weighted by atomic mass is 16.5. The summed E-state index contributed by atoms with van der Waals surface area (Å²) in [5, 5.41) is 7.74. The first-order valence-corrected chi connectivity index (χ1v) is 9.73. The summed E-state index contributed by atoms with van der Waals surface area (Å²) in [6, 6.07) is 8.13. The maximum atomic E-state index is 12.3. The van der Waals surface area contributed by atoms with Gasteiger partial charge in [0.15, 0.2) is 0 Å². The Hall–Kier alpha value is -2.34. The summed E-state index contributed by atoms with van der Waals surface area (Å²) in [4.78, 5) is 12.3. The second-order valence-corrected chi connectivity index (χ2v) is 7.07. The van der Waals surface area contributed by atoms with Crippen LogP contribution in [0.15, 0.2) is 24.3 Å². The quantitative estimate of drug-likeness (QED) is 0.774. The van der Waals surface area contributed by atoms with Crippen molar-refractivity contribution in [2.45, 2.75) is 59.2 Å². The summed E-state index contributed by atoms with van der Waals surface area (Å²) < 4.78 is 13.2. The Morgan fingerprint density at radius 3 is 3.04 bits per heavy atom. The maximum Gasteiger partial charge on any atom is 0.220 e. The molecule has 3 rings (SSSR count). The fraction of sp³-hybridized carbons (Fsp3) is 0.524. The van der Waals surface area contributed by atoms with Crippen LogP contribution in [0.25, 0.3) is 0 Å². The lowest BCUT2D eigenvalue weighted by Crippen LogP contribution is -2.23. The number of fused-ring (bicyclic) bond motifs is 1. The molecule has 0 spiro atoms. The SMILES string of the molecule is CCOc1cccc(CNC(=O)CCc2nn(C(C)C)c3c2COCC3)c1. The van der Waals surface area contributed by atoms with Crippen LogP contribution in [0.2, 0.25) is 0 Å². The number of aromatic nitrogens is 2. The van der Waals surface area contributed by atoms with Gasteiger partial charge >= 0.3 is 0 Å². The van der Waals surface area contributed by atoms with Crippen LogP contribution >= 0.6 is 0 Å². The van der Waals surface area contributed by atoms with E-state index in [1.807, 2.05) is 31.2 Å². The molecule has 0 saturated heterocycles. The van der Waals surface area contributed by atoms with Crippen molar-refractivity contribution in [1.82, 2.24) is 15.1 Å². The standard InChI is InChI=1S/C21H29N3O3/c1-4-27-17-7-5-6-16(12-17)13-22-21(25)9-8-19-18-14-26-11-10-20(18)24(23-19)15(2)3/h5-7,12,15H,4,8-11,13-14H2,1-3H3,(H,22,25). The molecule has 6 heteroatoms. The minimum absolute atomic E-state index is 0.0291. The molecule has 0 aliphatic carbocycles. The van der Waals surface area contributed by atoms with Gasteiger partial charge in [-0.05, 0) is 38.5 Å². The molecule has 1 aliphatic heterocycles. The van der Waals surface area contributed by atoms with Gasteiger partial charge in [0.1, 0.15) is 5.75 Å². The molecule has 0 atom stereocenters. The summed E-state index contributed by atoms with van der Waals surface area (Å²) in [6.45, 7) is 8.70. The van der Waals surface area contributed by atoms with Gasteiger partial charge in [0.2, 0.25) is 5.91 Å². The molecule has 1 aromatic carbocycles. The van der Waals surface area contributed by atoms with E-state index < -0.39 is 0 Å². The predicted octanol–water partition coefficient (Wildman–Crippen LogP) is 3.18. The lowest BCUT2D eigenvalue weighted by molar-refractivity contribution is -0.121. The Labute approximate surface area is 160 Å². The van der Waals surface area contributed by atoms with Gasteiger partial charge in [-0.15, -0.1) is 0 Å². The van der Waals surface area contributed by atoms with Crippen molar-refractivity contribution in [1.29, 1.82) is 0 Å². The van der Waals surface area contributed by atoms with Crippen molar-refractivity contribution in [3.63, 3.8) is 0 Å². The predicted molar refractivity (Wildman–Crippen MR) is 104 cm³/mol. The molecule has 0 bridgehead atoms. The Bertz CT molecular complexity index is 783. The van der Waals surface area contributed by atoms with E-state index in [0.717, 1.165) is 30.0 Å². The number of amides is 1. The molecule has 1 amide bonds. The van der Waals surface area contributed by atoms with Gasteiger partial charge in [-0.25, -0.2) is 0 Å². The van der Waals surface area contributed by atoms with Crippen LogP contribution in [0.1, 0.15) is 55.7 Å². The number of carbonyl (C=O) groups excluding carboxylic acids is 1. The van der Waals surface area contributed by atoms with Crippen molar-refractivity contribution in [2.24, 2.45) is 0 Å². The Morgan fingerprint density at radius 2 is 2.26 bits per heavy atom. The van der Waals surface area contributed by atoms with Crippen molar-refractivity contribution in [2.75, 3.05) is 13.2 Å². The minimum Gasteiger partial charge on any atom is -0.494 e. The third-order valence-corrected chi connectivity index (χ3v) is 4.71. The van der Waals surface area contributed by atoms with E-state index in [4.69, 9.17) is 14.6 Å². The van der Waals surface area contributed by atoms with Gasteiger partial charge in [0, 0.05) is 43.1 Å². The topological polar surface area (TPSA) is 65.4 Å². The Balaban J connectivity index is 1.56.